The lowest BCUT2D eigenvalue weighted by molar-refractivity contribution is 0.0699. The van der Waals surface area contributed by atoms with Crippen LogP contribution in [0.4, 0.5) is 10.1 Å². The molecule has 0 bridgehead atoms. The molecule has 3 aromatic heterocycles. The fraction of sp³-hybridized carbons (Fsp3) is 0. The molecule has 0 radical (unpaired) electrons. The van der Waals surface area contributed by atoms with Crippen LogP contribution >= 0.6 is 11.3 Å². The van der Waals surface area contributed by atoms with Crippen LogP contribution in [-0.2, 0) is 0 Å². The van der Waals surface area contributed by atoms with Gasteiger partial charge in [0.2, 0.25) is 5.95 Å². The predicted octanol–water partition coefficient (Wildman–Crippen LogP) is 4.65. The van der Waals surface area contributed by atoms with Crippen molar-refractivity contribution in [3.05, 3.63) is 71.3 Å². The Labute approximate surface area is 155 Å². The maximum absolute atomic E-state index is 13.0. The molecule has 0 saturated carbocycles. The number of para-hydroxylation sites is 1. The molecule has 0 fully saturated rings. The number of halogens is 1. The number of nitrogens with one attached hydrogen (secondary N) is 1. The van der Waals surface area contributed by atoms with Gasteiger partial charge in [-0.05, 0) is 24.3 Å². The molecule has 0 aliphatic rings. The van der Waals surface area contributed by atoms with Crippen LogP contribution < -0.4 is 5.32 Å². The molecule has 0 atom stereocenters. The second-order valence-corrected chi connectivity index (χ2v) is 6.51. The van der Waals surface area contributed by atoms with Crippen LogP contribution in [0.3, 0.4) is 0 Å². The molecule has 3 heterocycles. The minimum Gasteiger partial charge on any atom is -0.478 e. The number of benzene rings is 1. The standard InChI is InChI=1S/C19H11FN2O4S/c20-15-6-5-11(8-21-15)17-16(19(24)25)12(9-27-17)22-18(23)14-7-10-3-1-2-4-13(10)26-14/h1-9H,(H,22,23)(H,24,25). The molecule has 0 unspecified atom stereocenters. The number of amides is 1. The average molecular weight is 382 g/mol. The number of aromatic nitrogens is 1. The molecule has 0 saturated heterocycles. The van der Waals surface area contributed by atoms with Crippen LogP contribution in [0.15, 0.2) is 58.5 Å². The highest BCUT2D eigenvalue weighted by Crippen LogP contribution is 2.36. The summed E-state index contributed by atoms with van der Waals surface area (Å²) in [6.07, 6.45) is 1.25. The Morgan fingerprint density at radius 1 is 1.19 bits per heavy atom. The molecule has 4 rings (SSSR count). The topological polar surface area (TPSA) is 92.4 Å². The van der Waals surface area contributed by atoms with E-state index >= 15 is 0 Å². The van der Waals surface area contributed by atoms with Crippen molar-refractivity contribution in [1.29, 1.82) is 0 Å². The summed E-state index contributed by atoms with van der Waals surface area (Å²) < 4.78 is 18.5. The highest BCUT2D eigenvalue weighted by molar-refractivity contribution is 7.14. The highest BCUT2D eigenvalue weighted by Gasteiger charge is 2.23. The molecular formula is C19H11FN2O4S. The van der Waals surface area contributed by atoms with E-state index in [1.807, 2.05) is 12.1 Å². The first-order valence-electron chi connectivity index (χ1n) is 7.79. The molecule has 0 spiro atoms. The quantitative estimate of drug-likeness (QED) is 0.502. The fourth-order valence-corrected chi connectivity index (χ4v) is 3.65. The number of fused-ring (bicyclic) bond motifs is 1. The maximum atomic E-state index is 13.0. The van der Waals surface area contributed by atoms with E-state index in [1.54, 1.807) is 18.2 Å². The zero-order valence-corrected chi connectivity index (χ0v) is 14.4. The van der Waals surface area contributed by atoms with E-state index in [-0.39, 0.29) is 17.0 Å². The van der Waals surface area contributed by atoms with E-state index in [1.165, 1.54) is 17.6 Å². The van der Waals surface area contributed by atoms with Crippen molar-refractivity contribution >= 4 is 39.9 Å². The molecule has 134 valence electrons. The summed E-state index contributed by atoms with van der Waals surface area (Å²) in [5, 5.41) is 14.4. The van der Waals surface area contributed by atoms with E-state index in [0.717, 1.165) is 22.8 Å². The zero-order chi connectivity index (χ0) is 19.0. The Bertz CT molecular complexity index is 1130. The minimum atomic E-state index is -1.21. The number of carboxylic acid groups (broad SMARTS) is 1. The number of carboxylic acids is 1. The van der Waals surface area contributed by atoms with Gasteiger partial charge in [-0.25, -0.2) is 9.78 Å². The zero-order valence-electron chi connectivity index (χ0n) is 13.6. The summed E-state index contributed by atoms with van der Waals surface area (Å²) in [5.74, 6) is -2.36. The van der Waals surface area contributed by atoms with Crippen LogP contribution in [0.1, 0.15) is 20.9 Å². The summed E-state index contributed by atoms with van der Waals surface area (Å²) in [4.78, 5) is 28.1. The largest absolute Gasteiger partial charge is 0.478 e. The lowest BCUT2D eigenvalue weighted by atomic mass is 10.1. The lowest BCUT2D eigenvalue weighted by Gasteiger charge is -2.04. The lowest BCUT2D eigenvalue weighted by Crippen LogP contribution is -2.13. The predicted molar refractivity (Wildman–Crippen MR) is 98.6 cm³/mol. The van der Waals surface area contributed by atoms with Gasteiger partial charge >= 0.3 is 5.97 Å². The highest BCUT2D eigenvalue weighted by atomic mass is 32.1. The molecule has 0 aliphatic carbocycles. The fourth-order valence-electron chi connectivity index (χ4n) is 2.66. The van der Waals surface area contributed by atoms with E-state index in [0.29, 0.717) is 16.0 Å². The number of carbonyl (C=O) groups excluding carboxylic acids is 1. The maximum Gasteiger partial charge on any atom is 0.339 e. The van der Waals surface area contributed by atoms with Gasteiger partial charge in [-0.1, -0.05) is 18.2 Å². The number of pyridine rings is 1. The van der Waals surface area contributed by atoms with Crippen molar-refractivity contribution < 1.29 is 23.5 Å². The van der Waals surface area contributed by atoms with Gasteiger partial charge in [0.05, 0.1) is 10.6 Å². The summed E-state index contributed by atoms with van der Waals surface area (Å²) >= 11 is 1.12. The van der Waals surface area contributed by atoms with Gasteiger partial charge in [0, 0.05) is 22.5 Å². The van der Waals surface area contributed by atoms with Gasteiger partial charge in [0.1, 0.15) is 11.1 Å². The van der Waals surface area contributed by atoms with Crippen molar-refractivity contribution in [3.8, 4) is 10.4 Å². The third-order valence-corrected chi connectivity index (χ3v) is 4.92. The van der Waals surface area contributed by atoms with Crippen LogP contribution in [0, 0.1) is 5.95 Å². The number of aromatic carboxylic acids is 1. The Kier molecular flexibility index (Phi) is 4.17. The number of carbonyl (C=O) groups is 2. The van der Waals surface area contributed by atoms with Crippen LogP contribution in [0.25, 0.3) is 21.4 Å². The van der Waals surface area contributed by atoms with Crippen molar-refractivity contribution in [2.24, 2.45) is 0 Å². The van der Waals surface area contributed by atoms with Gasteiger partial charge in [-0.3, -0.25) is 4.79 Å². The van der Waals surface area contributed by atoms with Crippen LogP contribution in [-0.4, -0.2) is 22.0 Å². The third kappa shape index (κ3) is 3.18. The molecule has 4 aromatic rings. The molecular weight excluding hydrogens is 371 g/mol. The number of hydrogen-bond donors (Lipinski definition) is 2. The number of rotatable bonds is 4. The molecule has 0 aliphatic heterocycles. The van der Waals surface area contributed by atoms with Gasteiger partial charge in [0.25, 0.3) is 5.91 Å². The van der Waals surface area contributed by atoms with Crippen LogP contribution in [0.2, 0.25) is 0 Å². The first-order valence-corrected chi connectivity index (χ1v) is 8.67. The smallest absolute Gasteiger partial charge is 0.339 e. The summed E-state index contributed by atoms with van der Waals surface area (Å²) in [6, 6.07) is 11.3. The number of nitrogens with zero attached hydrogens (tertiary/aromatic N) is 1. The van der Waals surface area contributed by atoms with E-state index in [9.17, 15) is 19.1 Å². The Morgan fingerprint density at radius 2 is 2.00 bits per heavy atom. The number of thiophene rings is 1. The molecule has 27 heavy (non-hydrogen) atoms. The van der Waals surface area contributed by atoms with Gasteiger partial charge < -0.3 is 14.8 Å². The third-order valence-electron chi connectivity index (χ3n) is 3.89. The van der Waals surface area contributed by atoms with Crippen LogP contribution in [0.5, 0.6) is 0 Å². The normalized spacial score (nSPS) is 10.9. The summed E-state index contributed by atoms with van der Waals surface area (Å²) in [5.41, 5.74) is 1.06. The Morgan fingerprint density at radius 3 is 2.70 bits per heavy atom. The van der Waals surface area contributed by atoms with Crippen molar-refractivity contribution in [3.63, 3.8) is 0 Å². The van der Waals surface area contributed by atoms with E-state index in [2.05, 4.69) is 10.3 Å². The van der Waals surface area contributed by atoms with E-state index < -0.39 is 17.8 Å². The number of hydrogen-bond acceptors (Lipinski definition) is 5. The molecule has 8 heteroatoms. The monoisotopic (exact) mass is 382 g/mol. The van der Waals surface area contributed by atoms with Gasteiger partial charge in [0.15, 0.2) is 5.76 Å². The minimum absolute atomic E-state index is 0.0729. The van der Waals surface area contributed by atoms with Gasteiger partial charge in [-0.15, -0.1) is 11.3 Å². The Balaban J connectivity index is 1.68. The SMILES string of the molecule is O=C(Nc1csc(-c2ccc(F)nc2)c1C(=O)O)c1cc2ccccc2o1. The molecule has 1 aromatic carbocycles. The van der Waals surface area contributed by atoms with Crippen molar-refractivity contribution in [1.82, 2.24) is 4.98 Å². The van der Waals surface area contributed by atoms with Crippen molar-refractivity contribution in [2.75, 3.05) is 5.32 Å². The first-order chi connectivity index (χ1) is 13.0. The molecule has 1 amide bonds. The molecule has 2 N–H and O–H groups in total. The summed E-state index contributed by atoms with van der Waals surface area (Å²) in [6.45, 7) is 0. The molecule has 6 nitrogen and oxygen atoms in total. The van der Waals surface area contributed by atoms with Crippen molar-refractivity contribution in [2.45, 2.75) is 0 Å². The number of anilines is 1. The second kappa shape index (κ2) is 6.65. The van der Waals surface area contributed by atoms with E-state index in [4.69, 9.17) is 4.42 Å². The summed E-state index contributed by atoms with van der Waals surface area (Å²) in [7, 11) is 0. The van der Waals surface area contributed by atoms with Gasteiger partial charge in [-0.2, -0.15) is 4.39 Å². The first kappa shape index (κ1) is 16.9. The second-order valence-electron chi connectivity index (χ2n) is 5.63. The average Bonchev–Trinajstić information content (AvgIpc) is 3.26. The number of furan rings is 1. The Hall–Kier alpha value is -3.52.